The number of esters is 1. The van der Waals surface area contributed by atoms with Gasteiger partial charge in [-0.2, -0.15) is 0 Å². The van der Waals surface area contributed by atoms with Crippen molar-refractivity contribution in [3.05, 3.63) is 35.9 Å². The van der Waals surface area contributed by atoms with Gasteiger partial charge in [0.2, 0.25) is 5.91 Å². The van der Waals surface area contributed by atoms with Gasteiger partial charge in [-0.3, -0.25) is 9.59 Å². The van der Waals surface area contributed by atoms with E-state index in [2.05, 4.69) is 10.6 Å². The zero-order valence-corrected chi connectivity index (χ0v) is 29.7. The van der Waals surface area contributed by atoms with Crippen LogP contribution in [0.2, 0.25) is 0 Å². The summed E-state index contributed by atoms with van der Waals surface area (Å²) in [5.74, 6) is -0.943. The molecule has 0 heterocycles. The highest BCUT2D eigenvalue weighted by molar-refractivity contribution is 5.86. The second-order valence-corrected chi connectivity index (χ2v) is 11.5. The van der Waals surface area contributed by atoms with Gasteiger partial charge in [0, 0.05) is 20.1 Å². The van der Waals surface area contributed by atoms with E-state index in [4.69, 9.17) is 47.4 Å². The van der Waals surface area contributed by atoms with Crippen LogP contribution in [0, 0.1) is 0 Å². The maximum Gasteiger partial charge on any atom is 0.408 e. The molecule has 49 heavy (non-hydrogen) atoms. The van der Waals surface area contributed by atoms with Crippen LogP contribution in [0.15, 0.2) is 30.3 Å². The van der Waals surface area contributed by atoms with Crippen molar-refractivity contribution in [1.82, 2.24) is 10.6 Å². The smallest absolute Gasteiger partial charge is 0.408 e. The molecule has 0 aromatic heterocycles. The number of methoxy groups -OCH3 is 1. The minimum absolute atomic E-state index is 0.0411. The second kappa shape index (κ2) is 30.0. The lowest BCUT2D eigenvalue weighted by Gasteiger charge is -2.23. The van der Waals surface area contributed by atoms with E-state index >= 15 is 0 Å². The fourth-order valence-corrected chi connectivity index (χ4v) is 3.72. The average molecular weight is 703 g/mol. The fourth-order valence-electron chi connectivity index (χ4n) is 3.72. The number of hydrogen-bond acceptors (Lipinski definition) is 13. The Kier molecular flexibility index (Phi) is 27.0. The minimum Gasteiger partial charge on any atom is -0.461 e. The first-order chi connectivity index (χ1) is 23.7. The van der Waals surface area contributed by atoms with Crippen LogP contribution in [0.25, 0.3) is 0 Å². The zero-order valence-electron chi connectivity index (χ0n) is 29.7. The Morgan fingerprint density at radius 1 is 0.653 bits per heavy atom. The molecule has 2 N–H and O–H groups in total. The van der Waals surface area contributed by atoms with Crippen molar-refractivity contribution in [2.75, 3.05) is 113 Å². The second-order valence-electron chi connectivity index (χ2n) is 11.5. The molecule has 0 saturated carbocycles. The number of hydrogen-bond donors (Lipinski definition) is 2. The van der Waals surface area contributed by atoms with Gasteiger partial charge < -0.3 is 58.0 Å². The first-order valence-corrected chi connectivity index (χ1v) is 16.7. The predicted molar refractivity (Wildman–Crippen MR) is 179 cm³/mol. The molecule has 282 valence electrons. The summed E-state index contributed by atoms with van der Waals surface area (Å²) in [6, 6.07) is 8.27. The largest absolute Gasteiger partial charge is 0.461 e. The molecule has 0 aliphatic heterocycles. The number of rotatable bonds is 31. The van der Waals surface area contributed by atoms with Crippen LogP contribution in [0.4, 0.5) is 4.79 Å². The first-order valence-electron chi connectivity index (χ1n) is 16.7. The van der Waals surface area contributed by atoms with Gasteiger partial charge in [-0.25, -0.2) is 4.79 Å². The maximum atomic E-state index is 12.8. The Bertz CT molecular complexity index is 963. The summed E-state index contributed by atoms with van der Waals surface area (Å²) in [6.45, 7) is 12.3. The first kappa shape index (κ1) is 44.1. The van der Waals surface area contributed by atoms with Crippen LogP contribution in [0.1, 0.15) is 39.2 Å². The topological polar surface area (TPSA) is 168 Å². The number of carbonyl (C=O) groups excluding carboxylic acids is 3. The molecule has 15 nitrogen and oxygen atoms in total. The van der Waals surface area contributed by atoms with Gasteiger partial charge in [-0.15, -0.1) is 0 Å². The third-order valence-electron chi connectivity index (χ3n) is 6.10. The number of alkyl carbamates (subject to hydrolysis) is 1. The van der Waals surface area contributed by atoms with Crippen LogP contribution < -0.4 is 10.6 Å². The molecule has 0 aliphatic rings. The monoisotopic (exact) mass is 702 g/mol. The Balaban J connectivity index is 2.05. The maximum absolute atomic E-state index is 12.8. The van der Waals surface area contributed by atoms with Gasteiger partial charge in [-0.05, 0) is 32.8 Å². The molecule has 0 saturated heterocycles. The molecule has 2 amide bonds. The van der Waals surface area contributed by atoms with E-state index in [1.54, 1.807) is 27.9 Å². The number of nitrogens with one attached hydrogen (secondary N) is 2. The van der Waals surface area contributed by atoms with Gasteiger partial charge in [0.15, 0.2) is 0 Å². The quantitative estimate of drug-likeness (QED) is 0.0855. The van der Waals surface area contributed by atoms with Gasteiger partial charge in [0.05, 0.1) is 99.1 Å². The Morgan fingerprint density at radius 3 is 1.55 bits per heavy atom. The standard InChI is InChI=1S/C34H58N2O13/c1-34(2,3)49-33(39)36-30(10-11-31(37)48-28-29-8-6-5-7-9-29)32(38)35-12-13-41-16-17-43-20-21-45-24-25-47-27-26-46-23-22-44-19-18-42-15-14-40-4/h5-9,30H,10-28H2,1-4H3,(H,35,38)(H,36,39)/t30-/m0/s1. The molecule has 15 heteroatoms. The van der Waals surface area contributed by atoms with Crippen LogP contribution in [0.3, 0.4) is 0 Å². The average Bonchev–Trinajstić information content (AvgIpc) is 3.07. The van der Waals surface area contributed by atoms with Gasteiger partial charge >= 0.3 is 12.1 Å². The summed E-state index contributed by atoms with van der Waals surface area (Å²) in [6.07, 6.45) is -0.779. The summed E-state index contributed by atoms with van der Waals surface area (Å²) in [5, 5.41) is 5.26. The molecule has 1 atom stereocenters. The van der Waals surface area contributed by atoms with Crippen LogP contribution in [-0.2, 0) is 63.6 Å². The molecule has 1 aromatic rings. The molecule has 0 unspecified atom stereocenters. The third-order valence-corrected chi connectivity index (χ3v) is 6.10. The van der Waals surface area contributed by atoms with E-state index in [-0.39, 0.29) is 32.6 Å². The zero-order chi connectivity index (χ0) is 35.8. The number of benzene rings is 1. The number of amides is 2. The molecule has 1 aromatic carbocycles. The lowest BCUT2D eigenvalue weighted by molar-refractivity contribution is -0.145. The van der Waals surface area contributed by atoms with Crippen molar-refractivity contribution in [2.24, 2.45) is 0 Å². The van der Waals surface area contributed by atoms with E-state index in [0.717, 1.165) is 5.56 Å². The van der Waals surface area contributed by atoms with Crippen LogP contribution in [0.5, 0.6) is 0 Å². The number of carbonyl (C=O) groups is 3. The molecular weight excluding hydrogens is 644 g/mol. The van der Waals surface area contributed by atoms with Crippen molar-refractivity contribution < 1.29 is 61.8 Å². The summed E-state index contributed by atoms with van der Waals surface area (Å²) in [5.41, 5.74) is 0.106. The van der Waals surface area contributed by atoms with Gasteiger partial charge in [-0.1, -0.05) is 30.3 Å². The Labute approximate surface area is 290 Å². The third kappa shape index (κ3) is 28.6. The van der Waals surface area contributed by atoms with Crippen molar-refractivity contribution in [3.8, 4) is 0 Å². The fraction of sp³-hybridized carbons (Fsp3) is 0.735. The highest BCUT2D eigenvalue weighted by Gasteiger charge is 2.25. The van der Waals surface area contributed by atoms with Gasteiger partial charge in [0.1, 0.15) is 18.2 Å². The van der Waals surface area contributed by atoms with Crippen molar-refractivity contribution >= 4 is 18.0 Å². The SMILES string of the molecule is COCCOCCOCCOCCOCCOCCOCCOCCNC(=O)[C@H](CCC(=O)OCc1ccccc1)NC(=O)OC(C)(C)C. The van der Waals surface area contributed by atoms with E-state index in [0.29, 0.717) is 92.5 Å². The van der Waals surface area contributed by atoms with Gasteiger partial charge in [0.25, 0.3) is 0 Å². The van der Waals surface area contributed by atoms with Crippen molar-refractivity contribution in [1.29, 1.82) is 0 Å². The minimum atomic E-state index is -0.992. The van der Waals surface area contributed by atoms with Crippen molar-refractivity contribution in [3.63, 3.8) is 0 Å². The van der Waals surface area contributed by atoms with E-state index in [1.165, 1.54) is 0 Å². The lowest BCUT2D eigenvalue weighted by atomic mass is 10.1. The van der Waals surface area contributed by atoms with E-state index in [9.17, 15) is 14.4 Å². The summed E-state index contributed by atoms with van der Waals surface area (Å²) < 4.78 is 53.5. The molecule has 0 fully saturated rings. The van der Waals surface area contributed by atoms with E-state index < -0.39 is 29.6 Å². The van der Waals surface area contributed by atoms with Crippen LogP contribution >= 0.6 is 0 Å². The normalized spacial score (nSPS) is 12.0. The van der Waals surface area contributed by atoms with E-state index in [1.807, 2.05) is 30.3 Å². The lowest BCUT2D eigenvalue weighted by Crippen LogP contribution is -2.49. The summed E-state index contributed by atoms with van der Waals surface area (Å²) in [4.78, 5) is 37.4. The highest BCUT2D eigenvalue weighted by atomic mass is 16.6. The molecule has 0 radical (unpaired) electrons. The Morgan fingerprint density at radius 2 is 1.10 bits per heavy atom. The molecule has 0 bridgehead atoms. The predicted octanol–water partition coefficient (Wildman–Crippen LogP) is 2.28. The summed E-state index contributed by atoms with van der Waals surface area (Å²) >= 11 is 0. The van der Waals surface area contributed by atoms with Crippen molar-refractivity contribution in [2.45, 2.75) is 51.9 Å². The summed E-state index contributed by atoms with van der Waals surface area (Å²) in [7, 11) is 1.63. The highest BCUT2D eigenvalue weighted by Crippen LogP contribution is 2.09. The van der Waals surface area contributed by atoms with Crippen LogP contribution in [-0.4, -0.2) is 142 Å². The molecule has 0 aliphatic carbocycles. The molecule has 1 rings (SSSR count). The molecular formula is C34H58N2O13. The number of ether oxygens (including phenoxy) is 10. The molecule has 0 spiro atoms. The Hall–Kier alpha value is -2.89.